The highest BCUT2D eigenvalue weighted by molar-refractivity contribution is 7.89. The van der Waals surface area contributed by atoms with Gasteiger partial charge >= 0.3 is 0 Å². The van der Waals surface area contributed by atoms with Gasteiger partial charge in [0.1, 0.15) is 5.82 Å². The lowest BCUT2D eigenvalue weighted by molar-refractivity contribution is 0.0747. The van der Waals surface area contributed by atoms with Crippen molar-refractivity contribution in [3.63, 3.8) is 0 Å². The molecule has 35 heavy (non-hydrogen) atoms. The summed E-state index contributed by atoms with van der Waals surface area (Å²) in [6.45, 7) is 2.76. The molecule has 9 nitrogen and oxygen atoms in total. The van der Waals surface area contributed by atoms with Crippen molar-refractivity contribution in [1.29, 1.82) is 5.26 Å². The Kier molecular flexibility index (Phi) is 7.25. The first-order valence-electron chi connectivity index (χ1n) is 11.4. The van der Waals surface area contributed by atoms with Gasteiger partial charge in [0.2, 0.25) is 10.0 Å². The number of anilines is 2. The molecule has 0 radical (unpaired) electrons. The first kappa shape index (κ1) is 24.9. The third kappa shape index (κ3) is 5.10. The standard InChI is InChI=1S/C24H28FN5O4S/c1-27-35(33,34)19-3-5-22(30-7-6-18(15-30)16-31)20(13-19)24(32)29-10-8-28(9-11-29)23-4-2-17(14-26)12-21(23)25/h2-5,12-13,18,27,31H,6-11,15-16H2,1H3. The maximum atomic E-state index is 14.5. The highest BCUT2D eigenvalue weighted by atomic mass is 32.2. The Labute approximate surface area is 204 Å². The van der Waals surface area contributed by atoms with Gasteiger partial charge in [-0.25, -0.2) is 17.5 Å². The zero-order chi connectivity index (χ0) is 25.2. The summed E-state index contributed by atoms with van der Waals surface area (Å²) in [6, 6.07) is 10.8. The van der Waals surface area contributed by atoms with E-state index < -0.39 is 15.8 Å². The second-order valence-electron chi connectivity index (χ2n) is 8.73. The van der Waals surface area contributed by atoms with Crippen LogP contribution in [0.1, 0.15) is 22.3 Å². The van der Waals surface area contributed by atoms with Gasteiger partial charge in [0.25, 0.3) is 5.91 Å². The third-order valence-electron chi connectivity index (χ3n) is 6.65. The largest absolute Gasteiger partial charge is 0.396 e. The number of nitrogens with one attached hydrogen (secondary N) is 1. The molecule has 2 aromatic carbocycles. The molecule has 2 aliphatic rings. The molecule has 186 valence electrons. The fourth-order valence-electron chi connectivity index (χ4n) is 4.60. The number of benzene rings is 2. The molecule has 0 aromatic heterocycles. The average molecular weight is 502 g/mol. The Morgan fingerprint density at radius 2 is 1.83 bits per heavy atom. The molecule has 2 aromatic rings. The maximum absolute atomic E-state index is 14.5. The van der Waals surface area contributed by atoms with Crippen LogP contribution in [-0.2, 0) is 10.0 Å². The lowest BCUT2D eigenvalue weighted by atomic mass is 10.1. The Morgan fingerprint density at radius 1 is 1.11 bits per heavy atom. The van der Waals surface area contributed by atoms with Crippen molar-refractivity contribution >= 4 is 27.3 Å². The number of halogens is 1. The summed E-state index contributed by atoms with van der Waals surface area (Å²) in [7, 11) is -2.43. The van der Waals surface area contributed by atoms with Crippen LogP contribution in [0.4, 0.5) is 15.8 Å². The predicted molar refractivity (Wildman–Crippen MR) is 129 cm³/mol. The average Bonchev–Trinajstić information content (AvgIpc) is 3.37. The zero-order valence-corrected chi connectivity index (χ0v) is 20.3. The number of carbonyl (C=O) groups is 1. The fraction of sp³-hybridized carbons (Fsp3) is 0.417. The first-order chi connectivity index (χ1) is 16.8. The highest BCUT2D eigenvalue weighted by Gasteiger charge is 2.30. The Hall–Kier alpha value is -3.20. The molecule has 11 heteroatoms. The van der Waals surface area contributed by atoms with E-state index in [2.05, 4.69) is 4.72 Å². The van der Waals surface area contributed by atoms with Crippen LogP contribution in [0.3, 0.4) is 0 Å². The quantitative estimate of drug-likeness (QED) is 0.614. The number of nitrogens with zero attached hydrogens (tertiary/aromatic N) is 4. The summed E-state index contributed by atoms with van der Waals surface area (Å²) in [5.74, 6) is -0.673. The van der Waals surface area contributed by atoms with Crippen molar-refractivity contribution in [3.05, 3.63) is 53.3 Å². The van der Waals surface area contributed by atoms with Crippen LogP contribution in [0.25, 0.3) is 0 Å². The lowest BCUT2D eigenvalue weighted by Gasteiger charge is -2.37. The van der Waals surface area contributed by atoms with Gasteiger partial charge in [-0.3, -0.25) is 4.79 Å². The number of rotatable bonds is 6. The van der Waals surface area contributed by atoms with Crippen molar-refractivity contribution < 1.29 is 22.7 Å². The van der Waals surface area contributed by atoms with Crippen molar-refractivity contribution in [1.82, 2.24) is 9.62 Å². The van der Waals surface area contributed by atoms with E-state index >= 15 is 0 Å². The van der Waals surface area contributed by atoms with E-state index in [1.807, 2.05) is 15.9 Å². The smallest absolute Gasteiger partial charge is 0.256 e. The van der Waals surface area contributed by atoms with Crippen LogP contribution < -0.4 is 14.5 Å². The van der Waals surface area contributed by atoms with Gasteiger partial charge in [-0.1, -0.05) is 0 Å². The van der Waals surface area contributed by atoms with E-state index in [9.17, 15) is 22.7 Å². The van der Waals surface area contributed by atoms with Crippen molar-refractivity contribution in [2.24, 2.45) is 5.92 Å². The normalized spacial score (nSPS) is 18.6. The third-order valence-corrected chi connectivity index (χ3v) is 8.06. The number of carbonyl (C=O) groups excluding carboxylic acids is 1. The predicted octanol–water partition coefficient (Wildman–Crippen LogP) is 1.39. The van der Waals surface area contributed by atoms with E-state index in [-0.39, 0.29) is 34.5 Å². The summed E-state index contributed by atoms with van der Waals surface area (Å²) < 4.78 is 41.6. The minimum absolute atomic E-state index is 0.00305. The monoisotopic (exact) mass is 501 g/mol. The lowest BCUT2D eigenvalue weighted by Crippen LogP contribution is -2.49. The molecular weight excluding hydrogens is 473 g/mol. The molecule has 0 aliphatic carbocycles. The van der Waals surface area contributed by atoms with Gasteiger partial charge in [0.05, 0.1) is 27.8 Å². The maximum Gasteiger partial charge on any atom is 0.256 e. The minimum atomic E-state index is -3.75. The summed E-state index contributed by atoms with van der Waals surface area (Å²) in [5.41, 5.74) is 1.56. The van der Waals surface area contributed by atoms with Crippen molar-refractivity contribution in [3.8, 4) is 6.07 Å². The van der Waals surface area contributed by atoms with Gasteiger partial charge in [0.15, 0.2) is 0 Å². The molecular formula is C24H28FN5O4S. The van der Waals surface area contributed by atoms with Gasteiger partial charge in [0, 0.05) is 57.5 Å². The number of aliphatic hydroxyl groups is 1. The van der Waals surface area contributed by atoms with E-state index in [0.717, 1.165) is 6.42 Å². The molecule has 2 fully saturated rings. The number of nitriles is 1. The number of sulfonamides is 1. The second-order valence-corrected chi connectivity index (χ2v) is 10.6. The highest BCUT2D eigenvalue weighted by Crippen LogP contribution is 2.31. The molecule has 1 amide bonds. The molecule has 0 spiro atoms. The Balaban J connectivity index is 1.57. The summed E-state index contributed by atoms with van der Waals surface area (Å²) in [6.07, 6.45) is 0.787. The topological polar surface area (TPSA) is 117 Å². The molecule has 2 N–H and O–H groups in total. The van der Waals surface area contributed by atoms with E-state index in [1.165, 1.54) is 25.2 Å². The van der Waals surface area contributed by atoms with Gasteiger partial charge in [-0.05, 0) is 49.9 Å². The van der Waals surface area contributed by atoms with E-state index in [0.29, 0.717) is 50.6 Å². The van der Waals surface area contributed by atoms with Gasteiger partial charge in [-0.2, -0.15) is 5.26 Å². The molecule has 0 bridgehead atoms. The van der Waals surface area contributed by atoms with Gasteiger partial charge < -0.3 is 19.8 Å². The molecule has 1 atom stereocenters. The number of piperazine rings is 1. The summed E-state index contributed by atoms with van der Waals surface area (Å²) in [5, 5.41) is 18.5. The molecule has 2 saturated heterocycles. The Morgan fingerprint density at radius 3 is 2.43 bits per heavy atom. The molecule has 1 unspecified atom stereocenters. The number of amides is 1. The molecule has 2 heterocycles. The summed E-state index contributed by atoms with van der Waals surface area (Å²) >= 11 is 0. The van der Waals surface area contributed by atoms with Crippen LogP contribution in [0.5, 0.6) is 0 Å². The van der Waals surface area contributed by atoms with Crippen molar-refractivity contribution in [2.75, 3.05) is 62.7 Å². The molecule has 2 aliphatic heterocycles. The zero-order valence-electron chi connectivity index (χ0n) is 19.4. The number of hydrogen-bond donors (Lipinski definition) is 2. The van der Waals surface area contributed by atoms with Crippen LogP contribution in [-0.4, -0.2) is 77.3 Å². The second kappa shape index (κ2) is 10.2. The first-order valence-corrected chi connectivity index (χ1v) is 12.9. The van der Waals surface area contributed by atoms with Crippen molar-refractivity contribution in [2.45, 2.75) is 11.3 Å². The van der Waals surface area contributed by atoms with E-state index in [1.54, 1.807) is 23.1 Å². The fourth-order valence-corrected chi connectivity index (χ4v) is 5.36. The SMILES string of the molecule is CNS(=O)(=O)c1ccc(N2CCC(CO)C2)c(C(=O)N2CCN(c3ccc(C#N)cc3F)CC2)c1. The molecule has 4 rings (SSSR count). The summed E-state index contributed by atoms with van der Waals surface area (Å²) in [4.78, 5) is 19.1. The van der Waals surface area contributed by atoms with Crippen LogP contribution in [0, 0.1) is 23.1 Å². The van der Waals surface area contributed by atoms with E-state index in [4.69, 9.17) is 5.26 Å². The Bertz CT molecular complexity index is 1260. The van der Waals surface area contributed by atoms with Crippen LogP contribution in [0.2, 0.25) is 0 Å². The van der Waals surface area contributed by atoms with Crippen LogP contribution >= 0.6 is 0 Å². The van der Waals surface area contributed by atoms with Gasteiger partial charge in [-0.15, -0.1) is 0 Å². The number of hydrogen-bond acceptors (Lipinski definition) is 7. The molecule has 0 saturated carbocycles. The van der Waals surface area contributed by atoms with Crippen LogP contribution in [0.15, 0.2) is 41.3 Å². The minimum Gasteiger partial charge on any atom is -0.396 e. The number of aliphatic hydroxyl groups excluding tert-OH is 1.